The second-order valence-corrected chi connectivity index (χ2v) is 6.97. The topological polar surface area (TPSA) is 102 Å². The molecule has 2 aromatic carbocycles. The first kappa shape index (κ1) is 16.6. The number of aromatic nitrogens is 3. The molecule has 126 valence electrons. The first-order valence-electron chi connectivity index (χ1n) is 7.21. The van der Waals surface area contributed by atoms with Crippen molar-refractivity contribution in [3.63, 3.8) is 0 Å². The van der Waals surface area contributed by atoms with E-state index in [1.807, 2.05) is 18.2 Å². The molecular formula is C17H13N3O4S. The van der Waals surface area contributed by atoms with Crippen LogP contribution in [0.15, 0.2) is 76.7 Å². The average molecular weight is 355 g/mol. The predicted molar refractivity (Wildman–Crippen MR) is 90.6 cm³/mol. The summed E-state index contributed by atoms with van der Waals surface area (Å²) in [6, 6.07) is 16.4. The molecule has 0 saturated carbocycles. The van der Waals surface area contributed by atoms with Gasteiger partial charge in [0.15, 0.2) is 4.91 Å². The van der Waals surface area contributed by atoms with Gasteiger partial charge >= 0.3 is 5.97 Å². The highest BCUT2D eigenvalue weighted by Crippen LogP contribution is 2.21. The zero-order chi connectivity index (χ0) is 17.9. The Bertz CT molecular complexity index is 1030. The molecule has 7 nitrogen and oxygen atoms in total. The van der Waals surface area contributed by atoms with Gasteiger partial charge in [0, 0.05) is 0 Å². The monoisotopic (exact) mass is 355 g/mol. The van der Waals surface area contributed by atoms with E-state index in [4.69, 9.17) is 0 Å². The lowest BCUT2D eigenvalue weighted by molar-refractivity contribution is -0.131. The van der Waals surface area contributed by atoms with Crippen molar-refractivity contribution in [1.29, 1.82) is 0 Å². The number of carboxylic acids is 1. The molecule has 0 spiro atoms. The molecule has 0 aliphatic heterocycles. The summed E-state index contributed by atoms with van der Waals surface area (Å²) in [5.41, 5.74) is 0.846. The molecule has 1 N–H and O–H groups in total. The largest absolute Gasteiger partial charge is 0.477 e. The van der Waals surface area contributed by atoms with Gasteiger partial charge in [0.2, 0.25) is 9.84 Å². The molecule has 0 amide bonds. The van der Waals surface area contributed by atoms with Gasteiger partial charge in [-0.05, 0) is 30.3 Å². The van der Waals surface area contributed by atoms with Gasteiger partial charge in [-0.3, -0.25) is 0 Å². The van der Waals surface area contributed by atoms with Crippen molar-refractivity contribution < 1.29 is 18.3 Å². The standard InChI is InChI=1S/C17H13N3O4S/c21-17(22)16(25(23,24)15-9-5-2-6-10-15)11-13-12-20(19-18-13)14-7-3-1-4-8-14/h1-12H,(H,21,22). The van der Waals surface area contributed by atoms with Gasteiger partial charge in [0.1, 0.15) is 5.69 Å². The summed E-state index contributed by atoms with van der Waals surface area (Å²) in [5, 5.41) is 17.1. The summed E-state index contributed by atoms with van der Waals surface area (Å²) in [6.07, 6.45) is 2.45. The van der Waals surface area contributed by atoms with E-state index in [2.05, 4.69) is 10.3 Å². The van der Waals surface area contributed by atoms with Crippen LogP contribution in [0, 0.1) is 0 Å². The van der Waals surface area contributed by atoms with Crippen LogP contribution in [0.4, 0.5) is 0 Å². The van der Waals surface area contributed by atoms with Crippen LogP contribution in [0.3, 0.4) is 0 Å². The quantitative estimate of drug-likeness (QED) is 0.704. The predicted octanol–water partition coefficient (Wildman–Crippen LogP) is 2.17. The third-order valence-corrected chi connectivity index (χ3v) is 5.13. The SMILES string of the molecule is O=C(O)C(=Cc1cn(-c2ccccc2)nn1)S(=O)(=O)c1ccccc1. The van der Waals surface area contributed by atoms with E-state index in [1.54, 1.807) is 18.2 Å². The molecule has 25 heavy (non-hydrogen) atoms. The Hall–Kier alpha value is -3.26. The number of carbonyl (C=O) groups is 1. The lowest BCUT2D eigenvalue weighted by Crippen LogP contribution is -2.13. The molecule has 1 aromatic heterocycles. The summed E-state index contributed by atoms with van der Waals surface area (Å²) >= 11 is 0. The normalized spacial score (nSPS) is 12.1. The Morgan fingerprint density at radius 3 is 2.20 bits per heavy atom. The minimum absolute atomic E-state index is 0.0981. The fourth-order valence-electron chi connectivity index (χ4n) is 2.16. The van der Waals surface area contributed by atoms with Gasteiger partial charge in [0.05, 0.1) is 16.8 Å². The number of hydrogen-bond donors (Lipinski definition) is 1. The molecule has 0 aliphatic carbocycles. The van der Waals surface area contributed by atoms with Crippen LogP contribution in [0.25, 0.3) is 11.8 Å². The first-order chi connectivity index (χ1) is 12.0. The average Bonchev–Trinajstić information content (AvgIpc) is 3.09. The van der Waals surface area contributed by atoms with Gasteiger partial charge in [-0.15, -0.1) is 5.10 Å². The minimum Gasteiger partial charge on any atom is -0.477 e. The molecule has 0 unspecified atom stereocenters. The number of rotatable bonds is 5. The fourth-order valence-corrected chi connectivity index (χ4v) is 3.44. The van der Waals surface area contributed by atoms with Gasteiger partial charge in [-0.2, -0.15) is 0 Å². The van der Waals surface area contributed by atoms with Crippen LogP contribution < -0.4 is 0 Å². The van der Waals surface area contributed by atoms with Crippen LogP contribution in [0.2, 0.25) is 0 Å². The van der Waals surface area contributed by atoms with Crippen LogP contribution in [0.5, 0.6) is 0 Å². The van der Waals surface area contributed by atoms with Gasteiger partial charge in [-0.1, -0.05) is 41.6 Å². The highest BCUT2D eigenvalue weighted by Gasteiger charge is 2.27. The van der Waals surface area contributed by atoms with E-state index in [1.165, 1.54) is 35.1 Å². The summed E-state index contributed by atoms with van der Waals surface area (Å²) < 4.78 is 26.5. The molecule has 0 saturated heterocycles. The maximum atomic E-state index is 12.6. The molecule has 0 atom stereocenters. The number of para-hydroxylation sites is 1. The third-order valence-electron chi connectivity index (χ3n) is 3.36. The van der Waals surface area contributed by atoms with Crippen LogP contribution >= 0.6 is 0 Å². The van der Waals surface area contributed by atoms with Gasteiger partial charge in [0.25, 0.3) is 0 Å². The number of carboxylic acid groups (broad SMARTS) is 1. The molecule has 0 aliphatic rings. The van der Waals surface area contributed by atoms with Crippen LogP contribution in [-0.2, 0) is 14.6 Å². The van der Waals surface area contributed by atoms with E-state index in [0.717, 1.165) is 11.8 Å². The molecule has 1 heterocycles. The Labute approximate surface area is 143 Å². The van der Waals surface area contributed by atoms with Crippen LogP contribution in [0.1, 0.15) is 5.69 Å². The lowest BCUT2D eigenvalue weighted by Gasteiger charge is -2.04. The number of sulfone groups is 1. The number of benzene rings is 2. The van der Waals surface area contributed by atoms with Crippen molar-refractivity contribution in [2.45, 2.75) is 4.90 Å². The van der Waals surface area contributed by atoms with E-state index in [0.29, 0.717) is 0 Å². The molecular weight excluding hydrogens is 342 g/mol. The van der Waals surface area contributed by atoms with E-state index in [-0.39, 0.29) is 10.6 Å². The summed E-state index contributed by atoms with van der Waals surface area (Å²) in [7, 11) is -4.17. The summed E-state index contributed by atoms with van der Waals surface area (Å²) in [6.45, 7) is 0. The van der Waals surface area contributed by atoms with Crippen LogP contribution in [-0.4, -0.2) is 34.5 Å². The number of nitrogens with zero attached hydrogens (tertiary/aromatic N) is 3. The molecule has 3 rings (SSSR count). The highest BCUT2D eigenvalue weighted by atomic mass is 32.2. The summed E-state index contributed by atoms with van der Waals surface area (Å²) in [5.74, 6) is -1.56. The highest BCUT2D eigenvalue weighted by molar-refractivity contribution is 7.96. The molecule has 3 aromatic rings. The second-order valence-electron chi connectivity index (χ2n) is 5.05. The number of hydrogen-bond acceptors (Lipinski definition) is 5. The van der Waals surface area contributed by atoms with E-state index >= 15 is 0 Å². The lowest BCUT2D eigenvalue weighted by atomic mass is 10.3. The molecule has 0 bridgehead atoms. The van der Waals surface area contributed by atoms with Crippen molar-refractivity contribution in [3.05, 3.63) is 77.5 Å². The molecule has 8 heteroatoms. The van der Waals surface area contributed by atoms with E-state index in [9.17, 15) is 18.3 Å². The van der Waals surface area contributed by atoms with Crippen molar-refractivity contribution in [1.82, 2.24) is 15.0 Å². The third kappa shape index (κ3) is 3.48. The Morgan fingerprint density at radius 1 is 1.00 bits per heavy atom. The fraction of sp³-hybridized carbons (Fsp3) is 0. The van der Waals surface area contributed by atoms with Crippen molar-refractivity contribution >= 4 is 21.9 Å². The Morgan fingerprint density at radius 2 is 1.60 bits per heavy atom. The Kier molecular flexibility index (Phi) is 4.44. The summed E-state index contributed by atoms with van der Waals surface area (Å²) in [4.78, 5) is 10.6. The Balaban J connectivity index is 2.03. The van der Waals surface area contributed by atoms with Crippen molar-refractivity contribution in [2.24, 2.45) is 0 Å². The smallest absolute Gasteiger partial charge is 0.347 e. The van der Waals surface area contributed by atoms with Gasteiger partial charge in [-0.25, -0.2) is 17.9 Å². The van der Waals surface area contributed by atoms with Crippen molar-refractivity contribution in [3.8, 4) is 5.69 Å². The second kappa shape index (κ2) is 6.70. The minimum atomic E-state index is -4.17. The zero-order valence-corrected chi connectivity index (χ0v) is 13.7. The molecule has 0 fully saturated rings. The zero-order valence-electron chi connectivity index (χ0n) is 12.9. The maximum absolute atomic E-state index is 12.6. The molecule has 0 radical (unpaired) electrons. The van der Waals surface area contributed by atoms with Crippen molar-refractivity contribution in [2.75, 3.05) is 0 Å². The first-order valence-corrected chi connectivity index (χ1v) is 8.70. The maximum Gasteiger partial charge on any atom is 0.347 e. The van der Waals surface area contributed by atoms with E-state index < -0.39 is 20.7 Å². The van der Waals surface area contributed by atoms with Gasteiger partial charge < -0.3 is 5.11 Å². The number of aliphatic carboxylic acids is 1.